The summed E-state index contributed by atoms with van der Waals surface area (Å²) < 4.78 is 40.3. The molecule has 0 aliphatic heterocycles. The zero-order chi connectivity index (χ0) is 14.2. The minimum absolute atomic E-state index is 0.243. The van der Waals surface area contributed by atoms with E-state index in [4.69, 9.17) is 5.11 Å². The Morgan fingerprint density at radius 3 is 2.63 bits per heavy atom. The van der Waals surface area contributed by atoms with Gasteiger partial charge in [0.1, 0.15) is 5.92 Å². The van der Waals surface area contributed by atoms with Gasteiger partial charge >= 0.3 is 12.1 Å². The van der Waals surface area contributed by atoms with Gasteiger partial charge in [-0.05, 0) is 6.07 Å². The topological polar surface area (TPSA) is 55.1 Å². The SMILES string of the molecule is Cn1nc(C(CC(=O)O)C(F)(F)F)c2ccccc21. The third-order valence-corrected chi connectivity index (χ3v) is 2.89. The summed E-state index contributed by atoms with van der Waals surface area (Å²) in [5.41, 5.74) is 0.296. The molecule has 0 radical (unpaired) electrons. The number of alkyl halides is 3. The highest BCUT2D eigenvalue weighted by Gasteiger charge is 2.44. The maximum Gasteiger partial charge on any atom is 0.397 e. The van der Waals surface area contributed by atoms with Crippen molar-refractivity contribution in [2.24, 2.45) is 7.05 Å². The third kappa shape index (κ3) is 2.54. The Morgan fingerprint density at radius 1 is 1.42 bits per heavy atom. The second-order valence-corrected chi connectivity index (χ2v) is 4.22. The molecule has 2 aromatic rings. The Labute approximate surface area is 106 Å². The fraction of sp³-hybridized carbons (Fsp3) is 0.333. The first-order valence-electron chi connectivity index (χ1n) is 5.51. The van der Waals surface area contributed by atoms with Crippen LogP contribution in [0.2, 0.25) is 0 Å². The molecule has 102 valence electrons. The van der Waals surface area contributed by atoms with E-state index >= 15 is 0 Å². The number of nitrogens with zero attached hydrogens (tertiary/aromatic N) is 2. The van der Waals surface area contributed by atoms with Crippen LogP contribution < -0.4 is 0 Å². The number of aliphatic carboxylic acids is 1. The van der Waals surface area contributed by atoms with E-state index in [0.717, 1.165) is 0 Å². The molecule has 19 heavy (non-hydrogen) atoms. The van der Waals surface area contributed by atoms with E-state index in [-0.39, 0.29) is 5.69 Å². The van der Waals surface area contributed by atoms with Crippen LogP contribution in [0, 0.1) is 0 Å². The average Bonchev–Trinajstić information content (AvgIpc) is 2.63. The lowest BCUT2D eigenvalue weighted by molar-refractivity contribution is -0.163. The molecular weight excluding hydrogens is 261 g/mol. The molecule has 0 spiro atoms. The van der Waals surface area contributed by atoms with Crippen molar-refractivity contribution >= 4 is 16.9 Å². The summed E-state index contributed by atoms with van der Waals surface area (Å²) in [7, 11) is 1.53. The van der Waals surface area contributed by atoms with E-state index < -0.39 is 24.5 Å². The van der Waals surface area contributed by atoms with Gasteiger partial charge in [0.25, 0.3) is 0 Å². The van der Waals surface area contributed by atoms with E-state index in [1.807, 2.05) is 0 Å². The maximum absolute atomic E-state index is 13.0. The zero-order valence-corrected chi connectivity index (χ0v) is 9.98. The molecule has 1 unspecified atom stereocenters. The number of halogens is 3. The molecule has 0 saturated carbocycles. The first-order valence-corrected chi connectivity index (χ1v) is 5.51. The van der Waals surface area contributed by atoms with Gasteiger partial charge in [-0.25, -0.2) is 0 Å². The van der Waals surface area contributed by atoms with Crippen LogP contribution in [0.3, 0.4) is 0 Å². The molecule has 0 bridgehead atoms. The third-order valence-electron chi connectivity index (χ3n) is 2.89. The molecule has 1 aromatic carbocycles. The molecular formula is C12H11F3N2O2. The summed E-state index contributed by atoms with van der Waals surface area (Å²) in [4.78, 5) is 10.6. The first-order chi connectivity index (χ1) is 8.80. The van der Waals surface area contributed by atoms with Gasteiger partial charge in [-0.3, -0.25) is 9.48 Å². The van der Waals surface area contributed by atoms with Crippen LogP contribution in [0.25, 0.3) is 10.9 Å². The highest BCUT2D eigenvalue weighted by molar-refractivity contribution is 5.83. The quantitative estimate of drug-likeness (QED) is 0.934. The van der Waals surface area contributed by atoms with Crippen LogP contribution >= 0.6 is 0 Å². The van der Waals surface area contributed by atoms with Crippen molar-refractivity contribution in [2.45, 2.75) is 18.5 Å². The van der Waals surface area contributed by atoms with Crippen LogP contribution in [0.5, 0.6) is 0 Å². The summed E-state index contributed by atoms with van der Waals surface area (Å²) in [6.07, 6.45) is -5.67. The number of hydrogen-bond donors (Lipinski definition) is 1. The standard InChI is InChI=1S/C12H11F3N2O2/c1-17-9-5-3-2-4-7(9)11(16-17)8(6-10(18)19)12(13,14)15/h2-5,8H,6H2,1H3,(H,18,19). The number of carbonyl (C=O) groups is 1. The minimum atomic E-state index is -4.64. The van der Waals surface area contributed by atoms with Gasteiger partial charge in [0.2, 0.25) is 0 Å². The number of rotatable bonds is 3. The highest BCUT2D eigenvalue weighted by Crippen LogP contribution is 2.39. The molecule has 0 fully saturated rings. The van der Waals surface area contributed by atoms with Crippen LogP contribution in [-0.4, -0.2) is 27.0 Å². The van der Waals surface area contributed by atoms with Crippen molar-refractivity contribution in [3.05, 3.63) is 30.0 Å². The predicted molar refractivity (Wildman–Crippen MR) is 61.8 cm³/mol. The summed E-state index contributed by atoms with van der Waals surface area (Å²) in [6, 6.07) is 6.44. The van der Waals surface area contributed by atoms with E-state index in [1.54, 1.807) is 18.2 Å². The van der Waals surface area contributed by atoms with Crippen molar-refractivity contribution in [2.75, 3.05) is 0 Å². The predicted octanol–water partition coefficient (Wildman–Crippen LogP) is 2.69. The van der Waals surface area contributed by atoms with Crippen molar-refractivity contribution in [1.29, 1.82) is 0 Å². The lowest BCUT2D eigenvalue weighted by atomic mass is 9.98. The molecule has 1 atom stereocenters. The number of aromatic nitrogens is 2. The summed E-state index contributed by atoms with van der Waals surface area (Å²) in [5, 5.41) is 12.8. The molecule has 0 amide bonds. The molecule has 1 aromatic heterocycles. The number of benzene rings is 1. The maximum atomic E-state index is 13.0. The summed E-state index contributed by atoms with van der Waals surface area (Å²) >= 11 is 0. The van der Waals surface area contributed by atoms with Gasteiger partial charge in [0.05, 0.1) is 17.6 Å². The van der Waals surface area contributed by atoms with Crippen LogP contribution in [0.15, 0.2) is 24.3 Å². The zero-order valence-electron chi connectivity index (χ0n) is 9.98. The largest absolute Gasteiger partial charge is 0.481 e. The minimum Gasteiger partial charge on any atom is -0.481 e. The Hall–Kier alpha value is -2.05. The van der Waals surface area contributed by atoms with Gasteiger partial charge in [-0.2, -0.15) is 18.3 Å². The van der Waals surface area contributed by atoms with Gasteiger partial charge in [0, 0.05) is 12.4 Å². The Kier molecular flexibility index (Phi) is 3.21. The number of hydrogen-bond acceptors (Lipinski definition) is 2. The second-order valence-electron chi connectivity index (χ2n) is 4.22. The Bertz CT molecular complexity index is 619. The van der Waals surface area contributed by atoms with Crippen molar-refractivity contribution in [3.8, 4) is 0 Å². The van der Waals surface area contributed by atoms with E-state index in [9.17, 15) is 18.0 Å². The smallest absolute Gasteiger partial charge is 0.397 e. The normalized spacial score (nSPS) is 13.7. The van der Waals surface area contributed by atoms with Gasteiger partial charge in [-0.1, -0.05) is 18.2 Å². The lowest BCUT2D eigenvalue weighted by Gasteiger charge is -2.16. The monoisotopic (exact) mass is 272 g/mol. The number of fused-ring (bicyclic) bond motifs is 1. The molecule has 1 N–H and O–H groups in total. The average molecular weight is 272 g/mol. The van der Waals surface area contributed by atoms with Gasteiger partial charge in [0.15, 0.2) is 0 Å². The molecule has 4 nitrogen and oxygen atoms in total. The highest BCUT2D eigenvalue weighted by atomic mass is 19.4. The summed E-state index contributed by atoms with van der Waals surface area (Å²) in [5.74, 6) is -3.60. The first kappa shape index (κ1) is 13.4. The van der Waals surface area contributed by atoms with E-state index in [0.29, 0.717) is 10.9 Å². The number of carboxylic acid groups (broad SMARTS) is 1. The van der Waals surface area contributed by atoms with E-state index in [1.165, 1.54) is 17.8 Å². The summed E-state index contributed by atoms with van der Waals surface area (Å²) in [6.45, 7) is 0. The molecule has 0 aliphatic rings. The van der Waals surface area contributed by atoms with E-state index in [2.05, 4.69) is 5.10 Å². The second kappa shape index (κ2) is 4.56. The van der Waals surface area contributed by atoms with Crippen LogP contribution in [0.1, 0.15) is 18.0 Å². The van der Waals surface area contributed by atoms with Crippen molar-refractivity contribution < 1.29 is 23.1 Å². The number of para-hydroxylation sites is 1. The molecule has 0 saturated heterocycles. The van der Waals surface area contributed by atoms with Gasteiger partial charge in [-0.15, -0.1) is 0 Å². The van der Waals surface area contributed by atoms with Crippen molar-refractivity contribution in [3.63, 3.8) is 0 Å². The fourth-order valence-electron chi connectivity index (χ4n) is 2.04. The van der Waals surface area contributed by atoms with Crippen LogP contribution in [0.4, 0.5) is 13.2 Å². The molecule has 1 heterocycles. The number of carboxylic acids is 1. The lowest BCUT2D eigenvalue weighted by Crippen LogP contribution is -2.24. The Balaban J connectivity index is 2.59. The number of aryl methyl sites for hydroxylation is 1. The molecule has 0 aliphatic carbocycles. The van der Waals surface area contributed by atoms with Crippen molar-refractivity contribution in [1.82, 2.24) is 9.78 Å². The fourth-order valence-corrected chi connectivity index (χ4v) is 2.04. The molecule has 2 rings (SSSR count). The molecule has 7 heteroatoms. The Morgan fingerprint density at radius 2 is 2.05 bits per heavy atom. The van der Waals surface area contributed by atoms with Crippen LogP contribution in [-0.2, 0) is 11.8 Å². The van der Waals surface area contributed by atoms with Gasteiger partial charge < -0.3 is 5.11 Å².